The average Bonchev–Trinajstić information content (AvgIpc) is 3.16. The minimum Gasteiger partial charge on any atom is -0.383 e. The molecule has 8 heteroatoms. The highest BCUT2D eigenvalue weighted by Gasteiger charge is 2.19. The van der Waals surface area contributed by atoms with Crippen molar-refractivity contribution in [1.29, 1.82) is 0 Å². The second-order valence-electron chi connectivity index (χ2n) is 6.08. The number of fused-ring (bicyclic) bond motifs is 2. The Balaban J connectivity index is 1.93. The number of nitrogens with two attached hydrogens (primary N) is 1. The number of nitrogens with one attached hydrogen (secondary N) is 1. The standard InChI is InChI=1S/C17H19N7S/c1-4-19-17-22-11-6-5-10(7-12(11)25-17)14-13-15(18)20-8-21-16(13)24(23-14)9(2)3/h5-9H,4H2,1-3H3,(H,19,22)(H2,18,20,21). The molecule has 0 bridgehead atoms. The van der Waals surface area contributed by atoms with Gasteiger partial charge in [0.15, 0.2) is 10.8 Å². The summed E-state index contributed by atoms with van der Waals surface area (Å²) in [5.41, 5.74) is 9.67. The van der Waals surface area contributed by atoms with Crippen molar-refractivity contribution in [2.75, 3.05) is 17.6 Å². The van der Waals surface area contributed by atoms with Crippen LogP contribution < -0.4 is 11.1 Å². The molecular formula is C17H19N7S. The van der Waals surface area contributed by atoms with E-state index in [0.29, 0.717) is 5.82 Å². The normalized spacial score (nSPS) is 11.7. The molecule has 0 atom stereocenters. The molecule has 0 saturated heterocycles. The molecule has 128 valence electrons. The van der Waals surface area contributed by atoms with Gasteiger partial charge < -0.3 is 11.1 Å². The third kappa shape index (κ3) is 2.58. The zero-order chi connectivity index (χ0) is 17.6. The minimum atomic E-state index is 0.179. The van der Waals surface area contributed by atoms with Crippen LogP contribution in [0.5, 0.6) is 0 Å². The van der Waals surface area contributed by atoms with Crippen molar-refractivity contribution in [3.8, 4) is 11.3 Å². The van der Waals surface area contributed by atoms with Gasteiger partial charge in [0.2, 0.25) is 0 Å². The van der Waals surface area contributed by atoms with Crippen molar-refractivity contribution in [2.24, 2.45) is 0 Å². The highest BCUT2D eigenvalue weighted by atomic mass is 32.1. The number of nitrogen functional groups attached to an aromatic ring is 1. The highest BCUT2D eigenvalue weighted by molar-refractivity contribution is 7.22. The van der Waals surface area contributed by atoms with Gasteiger partial charge in [-0.25, -0.2) is 19.6 Å². The zero-order valence-corrected chi connectivity index (χ0v) is 15.1. The van der Waals surface area contributed by atoms with Gasteiger partial charge in [0.1, 0.15) is 17.8 Å². The van der Waals surface area contributed by atoms with Crippen LogP contribution in [0.3, 0.4) is 0 Å². The second-order valence-corrected chi connectivity index (χ2v) is 7.11. The molecule has 0 saturated carbocycles. The Morgan fingerprint density at radius 3 is 2.88 bits per heavy atom. The van der Waals surface area contributed by atoms with Crippen LogP contribution in [0.4, 0.5) is 10.9 Å². The maximum atomic E-state index is 6.14. The summed E-state index contributed by atoms with van der Waals surface area (Å²) in [4.78, 5) is 13.1. The van der Waals surface area contributed by atoms with E-state index < -0.39 is 0 Å². The molecule has 1 aromatic carbocycles. The van der Waals surface area contributed by atoms with E-state index in [9.17, 15) is 0 Å². The topological polar surface area (TPSA) is 94.5 Å². The third-order valence-corrected chi connectivity index (χ3v) is 4.97. The number of hydrogen-bond donors (Lipinski definition) is 2. The summed E-state index contributed by atoms with van der Waals surface area (Å²) in [5, 5.41) is 9.76. The lowest BCUT2D eigenvalue weighted by Crippen LogP contribution is -2.04. The molecule has 7 nitrogen and oxygen atoms in total. The van der Waals surface area contributed by atoms with Crippen LogP contribution in [0.2, 0.25) is 0 Å². The summed E-state index contributed by atoms with van der Waals surface area (Å²) in [6.45, 7) is 7.06. The molecule has 0 amide bonds. The van der Waals surface area contributed by atoms with Crippen molar-refractivity contribution in [3.05, 3.63) is 24.5 Å². The van der Waals surface area contributed by atoms with E-state index in [4.69, 9.17) is 10.8 Å². The van der Waals surface area contributed by atoms with Gasteiger partial charge in [-0.1, -0.05) is 17.4 Å². The molecule has 0 radical (unpaired) electrons. The van der Waals surface area contributed by atoms with Gasteiger partial charge in [0, 0.05) is 18.2 Å². The molecule has 0 aliphatic heterocycles. The van der Waals surface area contributed by atoms with E-state index in [1.165, 1.54) is 6.33 Å². The highest BCUT2D eigenvalue weighted by Crippen LogP contribution is 2.35. The lowest BCUT2D eigenvalue weighted by atomic mass is 10.1. The Bertz CT molecular complexity index is 1060. The lowest BCUT2D eigenvalue weighted by Gasteiger charge is -2.05. The van der Waals surface area contributed by atoms with E-state index in [-0.39, 0.29) is 6.04 Å². The van der Waals surface area contributed by atoms with E-state index in [2.05, 4.69) is 47.1 Å². The number of nitrogens with zero attached hydrogens (tertiary/aromatic N) is 5. The van der Waals surface area contributed by atoms with Crippen LogP contribution in [0.1, 0.15) is 26.8 Å². The van der Waals surface area contributed by atoms with Gasteiger partial charge in [0.25, 0.3) is 0 Å². The first-order chi connectivity index (χ1) is 12.1. The van der Waals surface area contributed by atoms with Crippen LogP contribution in [-0.2, 0) is 0 Å². The number of hydrogen-bond acceptors (Lipinski definition) is 7. The molecule has 25 heavy (non-hydrogen) atoms. The lowest BCUT2D eigenvalue weighted by molar-refractivity contribution is 0.548. The van der Waals surface area contributed by atoms with Gasteiger partial charge in [-0.3, -0.25) is 0 Å². The maximum absolute atomic E-state index is 6.14. The van der Waals surface area contributed by atoms with Crippen LogP contribution in [0.25, 0.3) is 32.5 Å². The van der Waals surface area contributed by atoms with Crippen molar-refractivity contribution in [1.82, 2.24) is 24.7 Å². The van der Waals surface area contributed by atoms with E-state index >= 15 is 0 Å². The molecular weight excluding hydrogens is 334 g/mol. The first-order valence-corrected chi connectivity index (χ1v) is 9.03. The fourth-order valence-corrected chi connectivity index (χ4v) is 3.83. The SMILES string of the molecule is CCNc1nc2ccc(-c3nn(C(C)C)c4ncnc(N)c34)cc2s1. The molecule has 0 fully saturated rings. The number of benzene rings is 1. The summed E-state index contributed by atoms with van der Waals surface area (Å²) in [6.07, 6.45) is 1.48. The van der Waals surface area contributed by atoms with Crippen LogP contribution in [0.15, 0.2) is 24.5 Å². The molecule has 0 aliphatic rings. The van der Waals surface area contributed by atoms with Crippen molar-refractivity contribution in [3.63, 3.8) is 0 Å². The van der Waals surface area contributed by atoms with Crippen molar-refractivity contribution < 1.29 is 0 Å². The molecule has 0 spiro atoms. The van der Waals surface area contributed by atoms with Gasteiger partial charge >= 0.3 is 0 Å². The predicted octanol–water partition coefficient (Wildman–Crippen LogP) is 3.70. The summed E-state index contributed by atoms with van der Waals surface area (Å²) >= 11 is 1.63. The average molecular weight is 353 g/mol. The molecule has 4 aromatic rings. The first kappa shape index (κ1) is 15.8. The fourth-order valence-electron chi connectivity index (χ4n) is 2.86. The van der Waals surface area contributed by atoms with Crippen LogP contribution >= 0.6 is 11.3 Å². The number of aromatic nitrogens is 5. The van der Waals surface area contributed by atoms with E-state index in [0.717, 1.165) is 44.2 Å². The Morgan fingerprint density at radius 1 is 1.28 bits per heavy atom. The Hall–Kier alpha value is -2.74. The van der Waals surface area contributed by atoms with Gasteiger partial charge in [-0.2, -0.15) is 5.10 Å². The Kier molecular flexibility index (Phi) is 3.76. The molecule has 0 aliphatic carbocycles. The van der Waals surface area contributed by atoms with E-state index in [1.807, 2.05) is 16.8 Å². The molecule has 0 unspecified atom stereocenters. The summed E-state index contributed by atoms with van der Waals surface area (Å²) < 4.78 is 3.00. The maximum Gasteiger partial charge on any atom is 0.183 e. The van der Waals surface area contributed by atoms with Gasteiger partial charge in [0.05, 0.1) is 15.6 Å². The summed E-state index contributed by atoms with van der Waals surface area (Å²) in [7, 11) is 0. The van der Waals surface area contributed by atoms with Crippen molar-refractivity contribution >= 4 is 43.5 Å². The Labute approximate surface area is 148 Å². The summed E-state index contributed by atoms with van der Waals surface area (Å²) in [5.74, 6) is 0.449. The second kappa shape index (κ2) is 5.96. The predicted molar refractivity (Wildman–Crippen MR) is 103 cm³/mol. The fraction of sp³-hybridized carbons (Fsp3) is 0.294. The quantitative estimate of drug-likeness (QED) is 0.581. The number of anilines is 2. The smallest absolute Gasteiger partial charge is 0.183 e. The summed E-state index contributed by atoms with van der Waals surface area (Å²) in [6, 6.07) is 6.32. The minimum absolute atomic E-state index is 0.179. The van der Waals surface area contributed by atoms with Crippen LogP contribution in [-0.4, -0.2) is 31.3 Å². The molecule has 3 aromatic heterocycles. The van der Waals surface area contributed by atoms with E-state index in [1.54, 1.807) is 11.3 Å². The largest absolute Gasteiger partial charge is 0.383 e. The first-order valence-electron chi connectivity index (χ1n) is 8.22. The van der Waals surface area contributed by atoms with Gasteiger partial charge in [-0.15, -0.1) is 0 Å². The Morgan fingerprint density at radius 2 is 2.12 bits per heavy atom. The zero-order valence-electron chi connectivity index (χ0n) is 14.3. The molecule has 3 heterocycles. The number of rotatable bonds is 4. The van der Waals surface area contributed by atoms with Gasteiger partial charge in [-0.05, 0) is 32.9 Å². The number of thiazole rings is 1. The van der Waals surface area contributed by atoms with Crippen molar-refractivity contribution in [2.45, 2.75) is 26.8 Å². The monoisotopic (exact) mass is 353 g/mol. The van der Waals surface area contributed by atoms with Crippen LogP contribution in [0, 0.1) is 0 Å². The molecule has 3 N–H and O–H groups in total. The third-order valence-electron chi connectivity index (χ3n) is 4.00. The molecule has 4 rings (SSSR count).